The smallest absolute Gasteiger partial charge is 0.283 e. The van der Waals surface area contributed by atoms with Gasteiger partial charge < -0.3 is 20.4 Å². The normalized spacial score (nSPS) is 14.0. The van der Waals surface area contributed by atoms with Crippen LogP contribution in [0.3, 0.4) is 0 Å². The molecule has 1 fully saturated rings. The summed E-state index contributed by atoms with van der Waals surface area (Å²) in [5, 5.41) is 6.10. The van der Waals surface area contributed by atoms with Gasteiger partial charge in [0, 0.05) is 38.1 Å². The molecule has 0 bridgehead atoms. The zero-order valence-corrected chi connectivity index (χ0v) is 19.8. The third-order valence-electron chi connectivity index (χ3n) is 5.95. The van der Waals surface area contributed by atoms with Crippen LogP contribution in [-0.2, 0) is 4.79 Å². The van der Waals surface area contributed by atoms with Gasteiger partial charge in [-0.2, -0.15) is 9.97 Å². The van der Waals surface area contributed by atoms with Gasteiger partial charge in [0.05, 0.1) is 17.6 Å². The van der Waals surface area contributed by atoms with E-state index in [0.29, 0.717) is 22.8 Å². The second-order valence-corrected chi connectivity index (χ2v) is 8.41. The van der Waals surface area contributed by atoms with E-state index < -0.39 is 5.56 Å². The maximum Gasteiger partial charge on any atom is 0.283 e. The van der Waals surface area contributed by atoms with Crippen LogP contribution in [0.4, 0.5) is 23.1 Å². The molecule has 1 aliphatic heterocycles. The summed E-state index contributed by atoms with van der Waals surface area (Å²) in [5.41, 5.74) is 2.23. The molecular formula is C25H25N9O2. The third kappa shape index (κ3) is 4.91. The van der Waals surface area contributed by atoms with E-state index in [1.54, 1.807) is 22.8 Å². The van der Waals surface area contributed by atoms with Crippen LogP contribution in [0.5, 0.6) is 0 Å². The summed E-state index contributed by atoms with van der Waals surface area (Å²) in [5.74, 6) is 0.553. The van der Waals surface area contributed by atoms with Crippen molar-refractivity contribution in [1.29, 1.82) is 0 Å². The maximum absolute atomic E-state index is 12.4. The van der Waals surface area contributed by atoms with Crippen LogP contribution in [0.15, 0.2) is 72.6 Å². The highest BCUT2D eigenvalue weighted by atomic mass is 16.1. The van der Waals surface area contributed by atoms with E-state index in [1.807, 2.05) is 24.4 Å². The molecule has 1 saturated heterocycles. The van der Waals surface area contributed by atoms with Crippen molar-refractivity contribution in [2.24, 2.45) is 0 Å². The molecule has 1 aromatic carbocycles. The van der Waals surface area contributed by atoms with Crippen molar-refractivity contribution in [1.82, 2.24) is 29.4 Å². The molecule has 3 aromatic heterocycles. The van der Waals surface area contributed by atoms with Gasteiger partial charge in [-0.05, 0) is 43.5 Å². The van der Waals surface area contributed by atoms with Gasteiger partial charge in [-0.1, -0.05) is 12.6 Å². The summed E-state index contributed by atoms with van der Waals surface area (Å²) >= 11 is 0. The Morgan fingerprint density at radius 1 is 1.03 bits per heavy atom. The Labute approximate surface area is 207 Å². The number of likely N-dealkylation sites (N-methyl/N-ethyl adjacent to an activating group) is 1. The van der Waals surface area contributed by atoms with Crippen LogP contribution >= 0.6 is 0 Å². The molecule has 11 nitrogen and oxygen atoms in total. The number of fused-ring (bicyclic) bond motifs is 1. The predicted octanol–water partition coefficient (Wildman–Crippen LogP) is 2.19. The molecule has 0 unspecified atom stereocenters. The summed E-state index contributed by atoms with van der Waals surface area (Å²) in [6.07, 6.45) is 5.87. The van der Waals surface area contributed by atoms with Gasteiger partial charge in [0.15, 0.2) is 5.65 Å². The Bertz CT molecular complexity index is 1480. The van der Waals surface area contributed by atoms with Gasteiger partial charge in [-0.25, -0.2) is 9.97 Å². The van der Waals surface area contributed by atoms with E-state index in [1.165, 1.54) is 18.6 Å². The zero-order chi connectivity index (χ0) is 25.1. The lowest BCUT2D eigenvalue weighted by molar-refractivity contribution is -0.111. The molecule has 0 radical (unpaired) electrons. The van der Waals surface area contributed by atoms with Crippen LogP contribution in [0.2, 0.25) is 0 Å². The minimum Gasteiger partial charge on any atom is -0.368 e. The third-order valence-corrected chi connectivity index (χ3v) is 5.95. The molecule has 4 aromatic rings. The molecule has 0 aliphatic carbocycles. The largest absolute Gasteiger partial charge is 0.368 e. The van der Waals surface area contributed by atoms with Crippen LogP contribution in [0.25, 0.3) is 16.7 Å². The lowest BCUT2D eigenvalue weighted by Crippen LogP contribution is -2.44. The van der Waals surface area contributed by atoms with Crippen molar-refractivity contribution in [2.75, 3.05) is 48.8 Å². The minimum atomic E-state index is -0.432. The molecule has 2 N–H and O–H groups in total. The first-order valence-corrected chi connectivity index (χ1v) is 11.4. The number of pyridine rings is 1. The molecule has 11 heteroatoms. The van der Waals surface area contributed by atoms with Crippen molar-refractivity contribution >= 4 is 40.1 Å². The van der Waals surface area contributed by atoms with Crippen molar-refractivity contribution < 1.29 is 4.79 Å². The number of piperazine rings is 1. The molecule has 0 spiro atoms. The zero-order valence-electron chi connectivity index (χ0n) is 19.8. The van der Waals surface area contributed by atoms with Gasteiger partial charge in [0.1, 0.15) is 17.5 Å². The first-order chi connectivity index (χ1) is 17.5. The number of carbonyl (C=O) groups is 1. The fourth-order valence-corrected chi connectivity index (χ4v) is 3.94. The first-order valence-electron chi connectivity index (χ1n) is 11.4. The number of hydrogen-bond acceptors (Lipinski definition) is 9. The van der Waals surface area contributed by atoms with Crippen molar-refractivity contribution in [3.8, 4) is 5.69 Å². The Kier molecular flexibility index (Phi) is 6.37. The van der Waals surface area contributed by atoms with Crippen LogP contribution in [0, 0.1) is 0 Å². The topological polar surface area (TPSA) is 121 Å². The standard InChI is InChI=1S/C25H25N9O2/c1-3-22(35)29-17-5-4-6-18(13-17)34-16-28-24(36)20-15-27-25(31-23(20)34)30-21-8-7-19(14-26-21)33-11-9-32(2)10-12-33/h3-8,13-16H,1,9-12H2,2H3,(H,29,35)(H,26,27,30,31). The second-order valence-electron chi connectivity index (χ2n) is 8.41. The molecule has 1 amide bonds. The average molecular weight is 484 g/mol. The van der Waals surface area contributed by atoms with Crippen molar-refractivity contribution in [2.45, 2.75) is 0 Å². The molecular weight excluding hydrogens is 458 g/mol. The van der Waals surface area contributed by atoms with Gasteiger partial charge in [-0.15, -0.1) is 0 Å². The molecule has 5 rings (SSSR count). The summed E-state index contributed by atoms with van der Waals surface area (Å²) in [4.78, 5) is 46.0. The van der Waals surface area contributed by atoms with Crippen LogP contribution in [-0.4, -0.2) is 68.5 Å². The molecule has 182 valence electrons. The van der Waals surface area contributed by atoms with Crippen molar-refractivity contribution in [3.05, 3.63) is 78.1 Å². The molecule has 4 heterocycles. The average Bonchev–Trinajstić information content (AvgIpc) is 2.90. The van der Waals surface area contributed by atoms with E-state index in [2.05, 4.69) is 54.0 Å². The number of nitrogens with zero attached hydrogens (tertiary/aromatic N) is 7. The van der Waals surface area contributed by atoms with E-state index in [0.717, 1.165) is 31.9 Å². The van der Waals surface area contributed by atoms with Gasteiger partial charge in [0.25, 0.3) is 5.56 Å². The van der Waals surface area contributed by atoms with Gasteiger partial charge in [-0.3, -0.25) is 14.2 Å². The Hall–Kier alpha value is -4.64. The predicted molar refractivity (Wildman–Crippen MR) is 139 cm³/mol. The second kappa shape index (κ2) is 9.92. The van der Waals surface area contributed by atoms with Crippen LogP contribution < -0.4 is 21.1 Å². The summed E-state index contributed by atoms with van der Waals surface area (Å²) in [7, 11) is 2.12. The number of amides is 1. The number of rotatable bonds is 6. The fraction of sp³-hybridized carbons (Fsp3) is 0.200. The molecule has 0 saturated carbocycles. The highest BCUT2D eigenvalue weighted by Gasteiger charge is 2.15. The Morgan fingerprint density at radius 2 is 1.86 bits per heavy atom. The molecule has 36 heavy (non-hydrogen) atoms. The number of carbonyl (C=O) groups excluding carboxylic acids is 1. The first kappa shape index (κ1) is 23.1. The minimum absolute atomic E-state index is 0.266. The number of hydrogen-bond donors (Lipinski definition) is 2. The maximum atomic E-state index is 12.4. The fourth-order valence-electron chi connectivity index (χ4n) is 3.94. The number of aromatic nitrogens is 5. The lowest BCUT2D eigenvalue weighted by Gasteiger charge is -2.33. The number of anilines is 4. The van der Waals surface area contributed by atoms with Crippen LogP contribution in [0.1, 0.15) is 0 Å². The SMILES string of the molecule is C=CC(=O)Nc1cccc(-n2cnc(=O)c3cnc(Nc4ccc(N5CCN(C)CC5)cn4)nc32)c1. The number of benzene rings is 1. The Balaban J connectivity index is 1.43. The monoisotopic (exact) mass is 483 g/mol. The van der Waals surface area contributed by atoms with E-state index >= 15 is 0 Å². The quantitative estimate of drug-likeness (QED) is 0.398. The lowest BCUT2D eigenvalue weighted by atomic mass is 10.2. The van der Waals surface area contributed by atoms with Gasteiger partial charge >= 0.3 is 0 Å². The van der Waals surface area contributed by atoms with E-state index in [-0.39, 0.29) is 17.2 Å². The summed E-state index contributed by atoms with van der Waals surface area (Å²) in [6.45, 7) is 7.43. The van der Waals surface area contributed by atoms with Gasteiger partial charge in [0.2, 0.25) is 11.9 Å². The van der Waals surface area contributed by atoms with E-state index in [9.17, 15) is 9.59 Å². The summed E-state index contributed by atoms with van der Waals surface area (Å²) < 4.78 is 1.66. The van der Waals surface area contributed by atoms with Crippen molar-refractivity contribution in [3.63, 3.8) is 0 Å². The Morgan fingerprint density at radius 3 is 2.61 bits per heavy atom. The molecule has 0 atom stereocenters. The molecule has 1 aliphatic rings. The highest BCUT2D eigenvalue weighted by molar-refractivity contribution is 5.99. The number of nitrogens with one attached hydrogen (secondary N) is 2. The highest BCUT2D eigenvalue weighted by Crippen LogP contribution is 2.21. The van der Waals surface area contributed by atoms with E-state index in [4.69, 9.17) is 0 Å². The summed E-state index contributed by atoms with van der Waals surface area (Å²) in [6, 6.07) is 11.0.